The van der Waals surface area contributed by atoms with Gasteiger partial charge in [0.2, 0.25) is 21.8 Å². The summed E-state index contributed by atoms with van der Waals surface area (Å²) < 4.78 is 59.5. The third kappa shape index (κ3) is 8.13. The maximum Gasteiger partial charge on any atom is 0.407 e. The summed E-state index contributed by atoms with van der Waals surface area (Å²) in [5.74, 6) is -1.40. The van der Waals surface area contributed by atoms with E-state index in [1.165, 1.54) is 44.5 Å². The second-order valence-corrected chi connectivity index (χ2v) is 15.2. The molecular formula is C39H39FN6O8S. The first-order valence-electron chi connectivity index (χ1n) is 17.2. The van der Waals surface area contributed by atoms with E-state index >= 15 is 0 Å². The Balaban J connectivity index is 1.52. The van der Waals surface area contributed by atoms with E-state index in [4.69, 9.17) is 8.83 Å². The number of carbonyl (C=O) groups is 3. The van der Waals surface area contributed by atoms with E-state index in [0.717, 1.165) is 10.6 Å². The monoisotopic (exact) mass is 770 g/mol. The first-order chi connectivity index (χ1) is 26.2. The number of halogens is 1. The van der Waals surface area contributed by atoms with Gasteiger partial charge in [0.25, 0.3) is 5.91 Å². The number of carbonyl (C=O) groups excluding carboxylic acids is 3. The first-order valence-corrected chi connectivity index (χ1v) is 19.1. The molecule has 6 aromatic rings. The summed E-state index contributed by atoms with van der Waals surface area (Å²) in [5, 5.41) is 8.33. The van der Waals surface area contributed by atoms with Crippen LogP contribution in [-0.4, -0.2) is 75.3 Å². The van der Waals surface area contributed by atoms with Crippen LogP contribution in [-0.2, 0) is 19.6 Å². The summed E-state index contributed by atoms with van der Waals surface area (Å²) >= 11 is 0. The number of methoxy groups -OCH3 is 1. The van der Waals surface area contributed by atoms with Crippen LogP contribution in [0.5, 0.6) is 0 Å². The molecule has 16 heteroatoms. The predicted molar refractivity (Wildman–Crippen MR) is 205 cm³/mol. The highest BCUT2D eigenvalue weighted by Crippen LogP contribution is 2.42. The number of fused-ring (bicyclic) bond motifs is 2. The number of ether oxygens (including phenoxy) is 1. The topological polar surface area (TPSA) is 186 Å². The normalized spacial score (nSPS) is 12.7. The molecule has 55 heavy (non-hydrogen) atoms. The number of benzene rings is 3. The van der Waals surface area contributed by atoms with Gasteiger partial charge in [0.15, 0.2) is 11.2 Å². The van der Waals surface area contributed by atoms with Crippen LogP contribution >= 0.6 is 0 Å². The standard InChI is InChI=1S/C39H39FN6O8S/c1-21(2)33(44-39(49)52-5)37(48)43-22(3)20-46(55(6,50)51)29-19-31-28(32(36(47)41-4)34(53-31)23-12-14-26(40)15-13-23)18-27(29)24-9-7-10-25(17-24)38-45-35-30(54-38)11-8-16-42-35/h7-19,21-22,33H,20H2,1-6H3,(H,41,47)(H,43,48)(H,44,49)/t22-,33+/m1/s1. The van der Waals surface area contributed by atoms with Crippen molar-refractivity contribution in [1.82, 2.24) is 25.9 Å². The van der Waals surface area contributed by atoms with Crippen LogP contribution < -0.4 is 20.3 Å². The molecule has 3 N–H and O–H groups in total. The summed E-state index contributed by atoms with van der Waals surface area (Å²) in [6.45, 7) is 4.89. The van der Waals surface area contributed by atoms with E-state index < -0.39 is 45.8 Å². The van der Waals surface area contributed by atoms with Gasteiger partial charge < -0.3 is 29.5 Å². The van der Waals surface area contributed by atoms with E-state index in [-0.39, 0.29) is 40.9 Å². The zero-order valence-corrected chi connectivity index (χ0v) is 31.7. The third-order valence-corrected chi connectivity index (χ3v) is 10.0. The minimum Gasteiger partial charge on any atom is -0.455 e. The molecule has 3 aromatic heterocycles. The molecule has 0 radical (unpaired) electrons. The number of aromatic nitrogens is 2. The number of furan rings is 1. The van der Waals surface area contributed by atoms with Gasteiger partial charge in [-0.1, -0.05) is 26.0 Å². The molecular weight excluding hydrogens is 732 g/mol. The van der Waals surface area contributed by atoms with Crippen LogP contribution in [0.25, 0.3) is 56.1 Å². The maximum absolute atomic E-state index is 13.9. The van der Waals surface area contributed by atoms with E-state index in [0.29, 0.717) is 38.9 Å². The minimum atomic E-state index is -4.08. The molecule has 6 rings (SSSR count). The molecule has 0 saturated heterocycles. The largest absolute Gasteiger partial charge is 0.455 e. The van der Waals surface area contributed by atoms with Gasteiger partial charge in [-0.05, 0) is 73.0 Å². The van der Waals surface area contributed by atoms with Gasteiger partial charge in [-0.2, -0.15) is 4.98 Å². The van der Waals surface area contributed by atoms with Crippen molar-refractivity contribution in [3.63, 3.8) is 0 Å². The molecule has 0 aliphatic carbocycles. The van der Waals surface area contributed by atoms with Gasteiger partial charge in [0.05, 0.1) is 31.2 Å². The number of oxazole rings is 1. The number of anilines is 1. The van der Waals surface area contributed by atoms with Crippen LogP contribution in [0.15, 0.2) is 87.8 Å². The summed E-state index contributed by atoms with van der Waals surface area (Å²) in [7, 11) is -1.42. The van der Waals surface area contributed by atoms with Crippen LogP contribution in [0.4, 0.5) is 14.9 Å². The molecule has 3 heterocycles. The van der Waals surface area contributed by atoms with Crippen molar-refractivity contribution in [2.75, 3.05) is 31.3 Å². The van der Waals surface area contributed by atoms with E-state index in [1.807, 2.05) is 0 Å². The molecule has 0 unspecified atom stereocenters. The predicted octanol–water partition coefficient (Wildman–Crippen LogP) is 6.12. The van der Waals surface area contributed by atoms with Gasteiger partial charge in [-0.25, -0.2) is 22.6 Å². The lowest BCUT2D eigenvalue weighted by Gasteiger charge is -2.29. The lowest BCUT2D eigenvalue weighted by molar-refractivity contribution is -0.124. The highest BCUT2D eigenvalue weighted by Gasteiger charge is 2.31. The molecule has 2 atom stereocenters. The maximum atomic E-state index is 13.9. The smallest absolute Gasteiger partial charge is 0.407 e. The SMILES string of the molecule is CNC(=O)c1c(-c2ccc(F)cc2)oc2cc(N(C[C@@H](C)NC(=O)[C@@H](NC(=O)OC)C(C)C)S(C)(=O)=O)c(-c3cccc(-c4nc5ncccc5o4)c3)cc12. The lowest BCUT2D eigenvalue weighted by Crippen LogP contribution is -2.53. The Morgan fingerprint density at radius 1 is 0.909 bits per heavy atom. The average Bonchev–Trinajstić information content (AvgIpc) is 3.76. The first kappa shape index (κ1) is 38.4. The van der Waals surface area contributed by atoms with Crippen molar-refractivity contribution < 1.29 is 40.8 Å². The fourth-order valence-electron chi connectivity index (χ4n) is 6.20. The van der Waals surface area contributed by atoms with Crippen molar-refractivity contribution in [3.8, 4) is 33.9 Å². The fraction of sp³-hybridized carbons (Fsp3) is 0.256. The molecule has 0 saturated carbocycles. The van der Waals surface area contributed by atoms with Crippen molar-refractivity contribution in [2.24, 2.45) is 5.92 Å². The van der Waals surface area contributed by atoms with Crippen molar-refractivity contribution in [2.45, 2.75) is 32.9 Å². The van der Waals surface area contributed by atoms with Gasteiger partial charge >= 0.3 is 6.09 Å². The van der Waals surface area contributed by atoms with Gasteiger partial charge in [0, 0.05) is 47.4 Å². The molecule has 14 nitrogen and oxygen atoms in total. The molecule has 0 fully saturated rings. The average molecular weight is 771 g/mol. The number of hydrogen-bond acceptors (Lipinski definition) is 10. The van der Waals surface area contributed by atoms with E-state index in [9.17, 15) is 27.2 Å². The Morgan fingerprint density at radius 2 is 1.64 bits per heavy atom. The van der Waals surface area contributed by atoms with Gasteiger partial charge in [0.1, 0.15) is 23.2 Å². The molecule has 3 amide bonds. The second kappa shape index (κ2) is 15.6. The molecule has 0 aliphatic heterocycles. The minimum absolute atomic E-state index is 0.148. The summed E-state index contributed by atoms with van der Waals surface area (Å²) in [4.78, 5) is 47.6. The van der Waals surface area contributed by atoms with E-state index in [2.05, 4.69) is 30.7 Å². The van der Waals surface area contributed by atoms with Crippen molar-refractivity contribution >= 4 is 55.8 Å². The Morgan fingerprint density at radius 3 is 2.29 bits per heavy atom. The zero-order chi connectivity index (χ0) is 39.6. The Hall–Kier alpha value is -6.29. The van der Waals surface area contributed by atoms with Crippen LogP contribution in [0.1, 0.15) is 31.1 Å². The second-order valence-electron chi connectivity index (χ2n) is 13.2. The molecule has 0 bridgehead atoms. The molecule has 3 aromatic carbocycles. The number of pyridine rings is 1. The Labute approximate surface area is 316 Å². The third-order valence-electron chi connectivity index (χ3n) is 8.86. The Kier molecular flexibility index (Phi) is 10.9. The van der Waals surface area contributed by atoms with Crippen molar-refractivity contribution in [3.05, 3.63) is 90.4 Å². The lowest BCUT2D eigenvalue weighted by atomic mass is 9.97. The van der Waals surface area contributed by atoms with E-state index in [1.54, 1.807) is 69.4 Å². The van der Waals surface area contributed by atoms with Gasteiger partial charge in [-0.3, -0.25) is 13.9 Å². The van der Waals surface area contributed by atoms with Crippen LogP contribution in [0.2, 0.25) is 0 Å². The van der Waals surface area contributed by atoms with Crippen molar-refractivity contribution in [1.29, 1.82) is 0 Å². The number of hydrogen-bond donors (Lipinski definition) is 3. The number of alkyl carbamates (subject to hydrolysis) is 1. The Bertz CT molecular complexity index is 2480. The van der Waals surface area contributed by atoms with Gasteiger partial charge in [-0.15, -0.1) is 0 Å². The zero-order valence-electron chi connectivity index (χ0n) is 30.8. The molecule has 0 aliphatic rings. The molecule has 286 valence electrons. The van der Waals surface area contributed by atoms with Crippen LogP contribution in [0, 0.1) is 11.7 Å². The highest BCUT2D eigenvalue weighted by atomic mass is 32.2. The number of sulfonamides is 1. The summed E-state index contributed by atoms with van der Waals surface area (Å²) in [5.41, 5.74) is 3.29. The quantitative estimate of drug-likeness (QED) is 0.131. The molecule has 0 spiro atoms. The highest BCUT2D eigenvalue weighted by molar-refractivity contribution is 7.92. The summed E-state index contributed by atoms with van der Waals surface area (Å²) in [6.07, 6.45) is 1.85. The number of amides is 3. The fourth-order valence-corrected chi connectivity index (χ4v) is 7.20. The number of rotatable bonds is 12. The summed E-state index contributed by atoms with van der Waals surface area (Å²) in [6, 6.07) is 17.4. The number of nitrogens with one attached hydrogen (secondary N) is 3. The number of nitrogens with zero attached hydrogens (tertiary/aromatic N) is 3. The van der Waals surface area contributed by atoms with Crippen LogP contribution in [0.3, 0.4) is 0 Å².